The number of amides is 1. The van der Waals surface area contributed by atoms with Crippen LogP contribution in [0.3, 0.4) is 0 Å². The van der Waals surface area contributed by atoms with E-state index < -0.39 is 0 Å². The number of esters is 1. The first kappa shape index (κ1) is 15.7. The lowest BCUT2D eigenvalue weighted by molar-refractivity contribution is -0.143. The predicted octanol–water partition coefficient (Wildman–Crippen LogP) is 2.85. The van der Waals surface area contributed by atoms with Gasteiger partial charge in [-0.05, 0) is 31.2 Å². The van der Waals surface area contributed by atoms with Gasteiger partial charge >= 0.3 is 5.97 Å². The molecule has 0 radical (unpaired) electrons. The summed E-state index contributed by atoms with van der Waals surface area (Å²) in [5.74, 6) is -0.343. The Balaban J connectivity index is 1.94. The molecule has 1 aromatic heterocycles. The highest BCUT2D eigenvalue weighted by molar-refractivity contribution is 6.04. The lowest BCUT2D eigenvalue weighted by Gasteiger charge is -2.09. The standard InChI is InChI=1S/C18H17N3O3/c1-2-24-16(22)12-21-15-11-7-6-10-14(15)19-18(21)20-17(23)13-8-4-3-5-9-13/h3-11H,2,12H2,1H3,(H,19,20,23). The molecule has 0 saturated carbocycles. The van der Waals surface area contributed by atoms with Gasteiger partial charge < -0.3 is 4.74 Å². The van der Waals surface area contributed by atoms with Gasteiger partial charge in [-0.3, -0.25) is 19.5 Å². The van der Waals surface area contributed by atoms with E-state index in [0.717, 1.165) is 5.52 Å². The maximum atomic E-state index is 12.4. The third kappa shape index (κ3) is 3.27. The van der Waals surface area contributed by atoms with Crippen LogP contribution in [0.2, 0.25) is 0 Å². The van der Waals surface area contributed by atoms with Gasteiger partial charge in [0.25, 0.3) is 5.91 Å². The molecule has 6 nitrogen and oxygen atoms in total. The van der Waals surface area contributed by atoms with Crippen LogP contribution < -0.4 is 5.32 Å². The molecule has 0 atom stereocenters. The summed E-state index contributed by atoms with van der Waals surface area (Å²) in [5, 5.41) is 2.77. The molecule has 24 heavy (non-hydrogen) atoms. The first-order valence-corrected chi connectivity index (χ1v) is 7.66. The number of nitrogens with zero attached hydrogens (tertiary/aromatic N) is 2. The van der Waals surface area contributed by atoms with Gasteiger partial charge in [0.2, 0.25) is 5.95 Å². The van der Waals surface area contributed by atoms with E-state index in [1.54, 1.807) is 35.8 Å². The molecular formula is C18H17N3O3. The van der Waals surface area contributed by atoms with Crippen LogP contribution in [-0.2, 0) is 16.1 Å². The second-order valence-corrected chi connectivity index (χ2v) is 5.14. The van der Waals surface area contributed by atoms with Crippen molar-refractivity contribution in [2.45, 2.75) is 13.5 Å². The van der Waals surface area contributed by atoms with Gasteiger partial charge in [0.1, 0.15) is 6.54 Å². The molecule has 1 amide bonds. The Hall–Kier alpha value is -3.15. The third-order valence-electron chi connectivity index (χ3n) is 3.51. The number of imidazole rings is 1. The van der Waals surface area contributed by atoms with Crippen LogP contribution in [0.5, 0.6) is 0 Å². The van der Waals surface area contributed by atoms with Crippen molar-refractivity contribution < 1.29 is 14.3 Å². The second-order valence-electron chi connectivity index (χ2n) is 5.14. The molecular weight excluding hydrogens is 306 g/mol. The van der Waals surface area contributed by atoms with Crippen LogP contribution in [0.1, 0.15) is 17.3 Å². The van der Waals surface area contributed by atoms with Crippen molar-refractivity contribution in [2.24, 2.45) is 0 Å². The molecule has 0 aliphatic rings. The van der Waals surface area contributed by atoms with Gasteiger partial charge in [0.15, 0.2) is 0 Å². The Kier molecular flexibility index (Phi) is 4.56. The molecule has 3 rings (SSSR count). The minimum Gasteiger partial charge on any atom is -0.465 e. The van der Waals surface area contributed by atoms with E-state index in [4.69, 9.17) is 4.74 Å². The number of fused-ring (bicyclic) bond motifs is 1. The number of hydrogen-bond acceptors (Lipinski definition) is 4. The second kappa shape index (κ2) is 6.95. The monoisotopic (exact) mass is 323 g/mol. The van der Waals surface area contributed by atoms with Crippen molar-refractivity contribution >= 4 is 28.9 Å². The molecule has 1 N–H and O–H groups in total. The Labute approximate surface area is 139 Å². The lowest BCUT2D eigenvalue weighted by Crippen LogP contribution is -2.19. The van der Waals surface area contributed by atoms with Gasteiger partial charge in [-0.15, -0.1) is 0 Å². The third-order valence-corrected chi connectivity index (χ3v) is 3.51. The zero-order valence-corrected chi connectivity index (χ0v) is 13.2. The SMILES string of the molecule is CCOC(=O)Cn1c(NC(=O)c2ccccc2)nc2ccccc21. The summed E-state index contributed by atoms with van der Waals surface area (Å²) in [5.41, 5.74) is 1.98. The molecule has 0 spiro atoms. The van der Waals surface area contributed by atoms with Gasteiger partial charge in [0, 0.05) is 5.56 Å². The summed E-state index contributed by atoms with van der Waals surface area (Å²) >= 11 is 0. The van der Waals surface area contributed by atoms with E-state index in [1.165, 1.54) is 0 Å². The summed E-state index contributed by atoms with van der Waals surface area (Å²) in [4.78, 5) is 28.7. The normalized spacial score (nSPS) is 10.5. The molecule has 6 heteroatoms. The summed E-state index contributed by atoms with van der Waals surface area (Å²) < 4.78 is 6.66. The van der Waals surface area contributed by atoms with Crippen LogP contribution in [0.4, 0.5) is 5.95 Å². The van der Waals surface area contributed by atoms with E-state index in [-0.39, 0.29) is 18.4 Å². The number of ether oxygens (including phenoxy) is 1. The Morgan fingerprint density at radius 1 is 1.08 bits per heavy atom. The number of carbonyl (C=O) groups excluding carboxylic acids is 2. The largest absolute Gasteiger partial charge is 0.465 e. The number of aromatic nitrogens is 2. The van der Waals surface area contributed by atoms with Gasteiger partial charge in [-0.25, -0.2) is 4.98 Å². The molecule has 0 aliphatic heterocycles. The quantitative estimate of drug-likeness (QED) is 0.733. The minimum atomic E-state index is -0.379. The van der Waals surface area contributed by atoms with Crippen molar-refractivity contribution in [3.63, 3.8) is 0 Å². The number of rotatable bonds is 5. The maximum Gasteiger partial charge on any atom is 0.326 e. The smallest absolute Gasteiger partial charge is 0.326 e. The average Bonchev–Trinajstić information content (AvgIpc) is 2.93. The number of benzene rings is 2. The van der Waals surface area contributed by atoms with Gasteiger partial charge in [-0.2, -0.15) is 0 Å². The lowest BCUT2D eigenvalue weighted by atomic mass is 10.2. The summed E-state index contributed by atoms with van der Waals surface area (Å²) in [6, 6.07) is 16.2. The van der Waals surface area contributed by atoms with Crippen LogP contribution in [-0.4, -0.2) is 28.0 Å². The first-order valence-electron chi connectivity index (χ1n) is 7.66. The summed E-state index contributed by atoms with van der Waals surface area (Å²) in [7, 11) is 0. The van der Waals surface area contributed by atoms with E-state index in [0.29, 0.717) is 23.6 Å². The highest BCUT2D eigenvalue weighted by Crippen LogP contribution is 2.20. The van der Waals surface area contributed by atoms with E-state index >= 15 is 0 Å². The van der Waals surface area contributed by atoms with Gasteiger partial charge in [0.05, 0.1) is 17.6 Å². The minimum absolute atomic E-state index is 0.0151. The maximum absolute atomic E-state index is 12.4. The zero-order chi connectivity index (χ0) is 16.9. The average molecular weight is 323 g/mol. The summed E-state index contributed by atoms with van der Waals surface area (Å²) in [6.07, 6.45) is 0. The Morgan fingerprint density at radius 2 is 1.79 bits per heavy atom. The fourth-order valence-electron chi connectivity index (χ4n) is 2.43. The molecule has 1 heterocycles. The Morgan fingerprint density at radius 3 is 2.54 bits per heavy atom. The topological polar surface area (TPSA) is 73.2 Å². The molecule has 0 unspecified atom stereocenters. The van der Waals surface area contributed by atoms with Crippen LogP contribution in [0, 0.1) is 0 Å². The molecule has 2 aromatic carbocycles. The zero-order valence-electron chi connectivity index (χ0n) is 13.2. The molecule has 122 valence electrons. The highest BCUT2D eigenvalue weighted by atomic mass is 16.5. The van der Waals surface area contributed by atoms with Crippen molar-refractivity contribution in [1.29, 1.82) is 0 Å². The fraction of sp³-hybridized carbons (Fsp3) is 0.167. The molecule has 3 aromatic rings. The summed E-state index contributed by atoms with van der Waals surface area (Å²) in [6.45, 7) is 2.04. The van der Waals surface area contributed by atoms with Crippen LogP contribution in [0.25, 0.3) is 11.0 Å². The fourth-order valence-corrected chi connectivity index (χ4v) is 2.43. The van der Waals surface area contributed by atoms with Crippen molar-refractivity contribution in [3.8, 4) is 0 Å². The van der Waals surface area contributed by atoms with Crippen LogP contribution in [0.15, 0.2) is 54.6 Å². The van der Waals surface area contributed by atoms with Crippen molar-refractivity contribution in [1.82, 2.24) is 9.55 Å². The number of nitrogens with one attached hydrogen (secondary N) is 1. The highest BCUT2D eigenvalue weighted by Gasteiger charge is 2.16. The van der Waals surface area contributed by atoms with E-state index in [2.05, 4.69) is 10.3 Å². The molecule has 0 fully saturated rings. The first-order chi connectivity index (χ1) is 11.7. The van der Waals surface area contributed by atoms with E-state index in [9.17, 15) is 9.59 Å². The predicted molar refractivity (Wildman–Crippen MR) is 90.8 cm³/mol. The number of para-hydroxylation sites is 2. The molecule has 0 aliphatic carbocycles. The molecule has 0 saturated heterocycles. The van der Waals surface area contributed by atoms with E-state index in [1.807, 2.05) is 30.3 Å². The number of anilines is 1. The van der Waals surface area contributed by atoms with Crippen LogP contribution >= 0.6 is 0 Å². The molecule has 0 bridgehead atoms. The number of carbonyl (C=O) groups is 2. The van der Waals surface area contributed by atoms with Crippen molar-refractivity contribution in [3.05, 3.63) is 60.2 Å². The number of hydrogen-bond donors (Lipinski definition) is 1. The van der Waals surface area contributed by atoms with Crippen molar-refractivity contribution in [2.75, 3.05) is 11.9 Å². The van der Waals surface area contributed by atoms with Gasteiger partial charge in [-0.1, -0.05) is 30.3 Å². The Bertz CT molecular complexity index is 872.